The second-order valence-corrected chi connectivity index (χ2v) is 3.53. The van der Waals surface area contributed by atoms with Crippen LogP contribution < -0.4 is 10.6 Å². The van der Waals surface area contributed by atoms with Gasteiger partial charge in [0.05, 0.1) is 6.04 Å². The maximum Gasteiger partial charge on any atom is 0.166 e. The smallest absolute Gasteiger partial charge is 0.166 e. The Balaban J connectivity index is 2.78. The van der Waals surface area contributed by atoms with Gasteiger partial charge in [-0.3, -0.25) is 0 Å². The minimum absolute atomic E-state index is 0.167. The molecule has 0 aromatic heterocycles. The molecule has 0 radical (unpaired) electrons. The number of thiocarbonyl (C=S) groups is 1. The van der Waals surface area contributed by atoms with Crippen molar-refractivity contribution in [2.45, 2.75) is 13.0 Å². The molecule has 1 aromatic carbocycles. The molecule has 2 N–H and O–H groups in total. The van der Waals surface area contributed by atoms with Crippen molar-refractivity contribution in [3.8, 4) is 0 Å². The Hall–Kier alpha value is -1.23. The van der Waals surface area contributed by atoms with Crippen molar-refractivity contribution < 1.29 is 8.78 Å². The predicted octanol–water partition coefficient (Wildman–Crippen LogP) is 2.12. The molecular formula is C10H12F2N2S. The number of nitrogens with one attached hydrogen (secondary N) is 2. The van der Waals surface area contributed by atoms with Crippen molar-refractivity contribution in [3.63, 3.8) is 0 Å². The molecule has 0 heterocycles. The Morgan fingerprint density at radius 2 is 2.00 bits per heavy atom. The van der Waals surface area contributed by atoms with E-state index in [-0.39, 0.29) is 6.04 Å². The van der Waals surface area contributed by atoms with E-state index in [4.69, 9.17) is 12.2 Å². The monoisotopic (exact) mass is 230 g/mol. The van der Waals surface area contributed by atoms with Crippen LogP contribution in [-0.2, 0) is 0 Å². The zero-order valence-corrected chi connectivity index (χ0v) is 9.29. The predicted molar refractivity (Wildman–Crippen MR) is 59.6 cm³/mol. The van der Waals surface area contributed by atoms with Gasteiger partial charge in [0, 0.05) is 7.05 Å². The number of rotatable bonds is 2. The Bertz CT molecular complexity index is 368. The first-order chi connectivity index (χ1) is 7.04. The van der Waals surface area contributed by atoms with Crippen LogP contribution in [0.1, 0.15) is 18.5 Å². The fourth-order valence-corrected chi connectivity index (χ4v) is 1.31. The third-order valence-electron chi connectivity index (χ3n) is 2.02. The van der Waals surface area contributed by atoms with E-state index in [0.29, 0.717) is 10.7 Å². The number of hydrogen-bond acceptors (Lipinski definition) is 1. The first kappa shape index (κ1) is 11.8. The Morgan fingerprint density at radius 3 is 2.53 bits per heavy atom. The summed E-state index contributed by atoms with van der Waals surface area (Å²) < 4.78 is 25.6. The maximum atomic E-state index is 12.9. The molecule has 0 aliphatic carbocycles. The third-order valence-corrected chi connectivity index (χ3v) is 2.34. The zero-order chi connectivity index (χ0) is 11.4. The minimum Gasteiger partial charge on any atom is -0.366 e. The van der Waals surface area contributed by atoms with Gasteiger partial charge in [-0.25, -0.2) is 8.78 Å². The van der Waals surface area contributed by atoms with Crippen LogP contribution in [-0.4, -0.2) is 12.2 Å². The van der Waals surface area contributed by atoms with Crippen molar-refractivity contribution in [1.29, 1.82) is 0 Å². The van der Waals surface area contributed by atoms with Crippen molar-refractivity contribution in [2.75, 3.05) is 7.05 Å². The van der Waals surface area contributed by atoms with Crippen LogP contribution in [0.4, 0.5) is 8.78 Å². The standard InChI is InChI=1S/C10H12F2N2S/c1-6(14-10(15)13-2)7-3-4-8(11)9(12)5-7/h3-6H,1-2H3,(H2,13,14,15)/t6-/m0/s1. The fraction of sp³-hybridized carbons (Fsp3) is 0.300. The van der Waals surface area contributed by atoms with Crippen LogP contribution in [0.25, 0.3) is 0 Å². The number of hydrogen-bond donors (Lipinski definition) is 2. The Morgan fingerprint density at radius 1 is 1.33 bits per heavy atom. The number of halogens is 2. The van der Waals surface area contributed by atoms with Gasteiger partial charge in [-0.15, -0.1) is 0 Å². The maximum absolute atomic E-state index is 12.9. The minimum atomic E-state index is -0.850. The first-order valence-corrected chi connectivity index (χ1v) is 4.88. The fourth-order valence-electron chi connectivity index (χ4n) is 1.13. The van der Waals surface area contributed by atoms with Crippen LogP contribution in [0.2, 0.25) is 0 Å². The molecule has 0 saturated heterocycles. The van der Waals surface area contributed by atoms with E-state index in [0.717, 1.165) is 12.1 Å². The average Bonchev–Trinajstić information content (AvgIpc) is 2.21. The van der Waals surface area contributed by atoms with E-state index in [1.165, 1.54) is 6.07 Å². The largest absolute Gasteiger partial charge is 0.366 e. The summed E-state index contributed by atoms with van der Waals surface area (Å²) in [5.74, 6) is -1.70. The van der Waals surface area contributed by atoms with Gasteiger partial charge in [-0.2, -0.15) is 0 Å². The molecule has 0 fully saturated rings. The highest BCUT2D eigenvalue weighted by atomic mass is 32.1. The normalized spacial score (nSPS) is 12.0. The van der Waals surface area contributed by atoms with Crippen LogP contribution in [0.5, 0.6) is 0 Å². The molecule has 0 aliphatic heterocycles. The summed E-state index contributed by atoms with van der Waals surface area (Å²) in [6.45, 7) is 1.82. The second kappa shape index (κ2) is 5.02. The molecular weight excluding hydrogens is 218 g/mol. The van der Waals surface area contributed by atoms with E-state index < -0.39 is 11.6 Å². The van der Waals surface area contributed by atoms with Crippen molar-refractivity contribution in [2.24, 2.45) is 0 Å². The summed E-state index contributed by atoms with van der Waals surface area (Å²) in [6.07, 6.45) is 0. The molecule has 0 unspecified atom stereocenters. The van der Waals surface area contributed by atoms with E-state index in [1.807, 2.05) is 6.92 Å². The average molecular weight is 230 g/mol. The van der Waals surface area contributed by atoms with Crippen LogP contribution in [0.15, 0.2) is 18.2 Å². The summed E-state index contributed by atoms with van der Waals surface area (Å²) in [5, 5.41) is 6.13. The molecule has 82 valence electrons. The van der Waals surface area contributed by atoms with E-state index in [1.54, 1.807) is 7.05 Å². The van der Waals surface area contributed by atoms with Gasteiger partial charge in [0.1, 0.15) is 0 Å². The summed E-state index contributed by atoms with van der Waals surface area (Å²) in [7, 11) is 1.69. The molecule has 0 saturated carbocycles. The van der Waals surface area contributed by atoms with Crippen molar-refractivity contribution >= 4 is 17.3 Å². The molecule has 0 amide bonds. The van der Waals surface area contributed by atoms with Crippen LogP contribution >= 0.6 is 12.2 Å². The molecule has 0 aliphatic rings. The molecule has 1 rings (SSSR count). The van der Waals surface area contributed by atoms with Gasteiger partial charge in [0.25, 0.3) is 0 Å². The SMILES string of the molecule is CNC(=S)N[C@@H](C)c1ccc(F)c(F)c1. The number of benzene rings is 1. The molecule has 0 spiro atoms. The van der Waals surface area contributed by atoms with Gasteiger partial charge in [0.2, 0.25) is 0 Å². The Kier molecular flexibility index (Phi) is 3.96. The highest BCUT2D eigenvalue weighted by Crippen LogP contribution is 2.15. The lowest BCUT2D eigenvalue weighted by atomic mass is 10.1. The lowest BCUT2D eigenvalue weighted by molar-refractivity contribution is 0.505. The quantitative estimate of drug-likeness (QED) is 0.761. The lowest BCUT2D eigenvalue weighted by Crippen LogP contribution is -2.34. The Labute approximate surface area is 92.7 Å². The zero-order valence-electron chi connectivity index (χ0n) is 8.47. The van der Waals surface area contributed by atoms with Gasteiger partial charge in [0.15, 0.2) is 16.7 Å². The van der Waals surface area contributed by atoms with Gasteiger partial charge >= 0.3 is 0 Å². The second-order valence-electron chi connectivity index (χ2n) is 3.12. The van der Waals surface area contributed by atoms with Gasteiger partial charge in [-0.05, 0) is 36.8 Å². The van der Waals surface area contributed by atoms with Crippen LogP contribution in [0, 0.1) is 11.6 Å². The van der Waals surface area contributed by atoms with Crippen LogP contribution in [0.3, 0.4) is 0 Å². The molecule has 2 nitrogen and oxygen atoms in total. The highest BCUT2D eigenvalue weighted by Gasteiger charge is 2.09. The molecule has 15 heavy (non-hydrogen) atoms. The summed E-state index contributed by atoms with van der Waals surface area (Å²) in [4.78, 5) is 0. The van der Waals surface area contributed by atoms with E-state index in [2.05, 4.69) is 10.6 Å². The van der Waals surface area contributed by atoms with E-state index >= 15 is 0 Å². The summed E-state index contributed by atoms with van der Waals surface area (Å²) >= 11 is 4.90. The highest BCUT2D eigenvalue weighted by molar-refractivity contribution is 7.80. The van der Waals surface area contributed by atoms with Crippen molar-refractivity contribution in [3.05, 3.63) is 35.4 Å². The summed E-state index contributed by atoms with van der Waals surface area (Å²) in [6, 6.07) is 3.62. The van der Waals surface area contributed by atoms with Crippen molar-refractivity contribution in [1.82, 2.24) is 10.6 Å². The summed E-state index contributed by atoms with van der Waals surface area (Å²) in [5.41, 5.74) is 0.645. The topological polar surface area (TPSA) is 24.1 Å². The van der Waals surface area contributed by atoms with Gasteiger partial charge in [-0.1, -0.05) is 6.07 Å². The first-order valence-electron chi connectivity index (χ1n) is 4.47. The molecule has 1 aromatic rings. The van der Waals surface area contributed by atoms with E-state index in [9.17, 15) is 8.78 Å². The molecule has 5 heteroatoms. The molecule has 1 atom stereocenters. The van der Waals surface area contributed by atoms with Gasteiger partial charge < -0.3 is 10.6 Å². The third kappa shape index (κ3) is 3.13. The lowest BCUT2D eigenvalue weighted by Gasteiger charge is -2.15. The molecule has 0 bridgehead atoms.